The quantitative estimate of drug-likeness (QED) is 0.0824. The number of fused-ring (bicyclic) bond motifs is 18. The summed E-state index contributed by atoms with van der Waals surface area (Å²) in [6.07, 6.45) is 2.18. The molecule has 38 heteroatoms. The highest BCUT2D eigenvalue weighted by Gasteiger charge is 2.72. The van der Waals surface area contributed by atoms with Crippen LogP contribution in [0, 0.1) is 17.8 Å². The van der Waals surface area contributed by atoms with E-state index in [0.29, 0.717) is 89.9 Å². The molecule has 16 saturated heterocycles. The number of ether oxygens (including phenoxy) is 34. The molecule has 43 atom stereocenters. The van der Waals surface area contributed by atoms with E-state index in [0.717, 1.165) is 12.8 Å². The second-order valence-corrected chi connectivity index (χ2v) is 37.2. The summed E-state index contributed by atoms with van der Waals surface area (Å²) in [5, 5.41) is 0. The van der Waals surface area contributed by atoms with Crippen LogP contribution in [-0.2, 0) is 166 Å². The van der Waals surface area contributed by atoms with E-state index in [1.54, 1.807) is 128 Å². The number of carbonyl (C=O) groups is 1. The average Bonchev–Trinajstić information content (AvgIpc) is 1.54. The van der Waals surface area contributed by atoms with Gasteiger partial charge in [0, 0.05) is 164 Å². The fraction of sp³-hybridized carbons (Fsp3) is 0.967. The molecule has 16 heterocycles. The molecule has 0 aromatic rings. The molecule has 18 bridgehead atoms. The Kier molecular flexibility index (Phi) is 39.0. The maximum atomic E-state index is 8.00. The molecular weight excluding hydrogens is 1670 g/mol. The molecule has 736 valence electrons. The van der Waals surface area contributed by atoms with Gasteiger partial charge in [0.1, 0.15) is 166 Å². The number of hydrogen-bond donors (Lipinski definition) is 0. The van der Waals surface area contributed by atoms with Crippen molar-refractivity contribution in [3.05, 3.63) is 12.2 Å². The minimum Gasteiger partial charge on any atom is -0.382 e. The van der Waals surface area contributed by atoms with Crippen molar-refractivity contribution >= 4 is 30.3 Å². The van der Waals surface area contributed by atoms with Gasteiger partial charge >= 0.3 is 0 Å². The van der Waals surface area contributed by atoms with E-state index in [2.05, 4.69) is 27.4 Å². The Balaban J connectivity index is 0.000000162. The summed E-state index contributed by atoms with van der Waals surface area (Å²) in [6.45, 7) is 39.9. The summed E-state index contributed by atoms with van der Waals surface area (Å²) in [5.74, 6) is 1.56. The van der Waals surface area contributed by atoms with Crippen molar-refractivity contribution in [2.45, 2.75) is 349 Å². The summed E-state index contributed by atoms with van der Waals surface area (Å²) < 4.78 is 189. The molecule has 128 heavy (non-hydrogen) atoms. The minimum atomic E-state index is -0.534. The highest BCUT2D eigenvalue weighted by molar-refractivity contribution is 6.12. The van der Waals surface area contributed by atoms with Crippen molar-refractivity contribution in [2.24, 2.45) is 17.8 Å². The summed E-state index contributed by atoms with van der Waals surface area (Å²) in [6, 6.07) is -1.23. The van der Waals surface area contributed by atoms with Crippen molar-refractivity contribution < 1.29 is 166 Å². The third kappa shape index (κ3) is 19.2. The van der Waals surface area contributed by atoms with Crippen LogP contribution >= 0.6 is 0 Å². The standard InChI is InChI=1S/C11H20O3.C11H18O3.4C10H18O4.3C9H15BO4.CH2O/c2*1-7-5-11(6-12-3)10(13-4)9(7)8(2)14-11;1-7-8-9(2,12-4)10(14-7,5-11-3)6-13-8;2*1-6-8-9(12-4)10(14-6,5-13-8)7(2)11-3;1-6-8-9(12-4)10(14-6,5-11-3)7(2)13-8;1-5(11-2)9-4-13-6(7(9)12-3)8(10)14-9;2*1-5-9(4-11-2)7(12-3)6(13-5)8(10)14-9;1-2/h7-10H,5-6H2,1-4H3;8-10H,1,5-6H2,2-4H3;7-8H,5-6H2,1-4H3;3*6-9H,5H2,1-4H3;3*5-8H,4H2,1-3H3;1H2/t7-,8-,9?,10-,11?;8-,9?,10-,11?;7-,8+,9+,10+;6-,7+,8+,9+,10-;6-,7-,8+,9+,10-;6-,7+,8+,9+,10+;5?,6-,7?,8+,9+;2*5?,6-,7?,8+,9-;/m000000000./s1. The molecule has 0 amide bonds. The highest BCUT2D eigenvalue weighted by atomic mass is 16.7. The predicted molar refractivity (Wildman–Crippen MR) is 466 cm³/mol. The zero-order valence-corrected chi connectivity index (χ0v) is 82.5. The van der Waals surface area contributed by atoms with Crippen LogP contribution in [-0.4, -0.2) is 463 Å². The first kappa shape index (κ1) is 110. The monoisotopic (exact) mass is 1830 g/mol. The summed E-state index contributed by atoms with van der Waals surface area (Å²) in [4.78, 5) is 8.00. The maximum Gasteiger partial charge on any atom is 0.146 e. The Morgan fingerprint density at radius 2 is 0.719 bits per heavy atom. The van der Waals surface area contributed by atoms with Crippen LogP contribution in [0.5, 0.6) is 0 Å². The molecule has 10 unspecified atom stereocenters. The largest absolute Gasteiger partial charge is 0.382 e. The zero-order valence-electron chi connectivity index (χ0n) is 82.5. The Hall–Kier alpha value is -1.76. The molecule has 0 N–H and O–H groups in total. The lowest BCUT2D eigenvalue weighted by atomic mass is 9.85. The number of rotatable bonds is 27. The zero-order chi connectivity index (χ0) is 95.2. The molecule has 0 aromatic heterocycles. The van der Waals surface area contributed by atoms with Gasteiger partial charge in [0.2, 0.25) is 0 Å². The summed E-state index contributed by atoms with van der Waals surface area (Å²) >= 11 is 0. The lowest BCUT2D eigenvalue weighted by Gasteiger charge is -2.35. The van der Waals surface area contributed by atoms with Gasteiger partial charge < -0.3 is 166 Å². The van der Waals surface area contributed by atoms with Gasteiger partial charge in [-0.3, -0.25) is 0 Å². The SMILES string of the molecule is C=C1CC2(COC)O[C@@H](C)C1[C@@H]2OC.C=O.COCC12C[C@H](C)C([C@H](C)O1)[C@@H]2OC.COC[C@@]12O[C@@H](C)[C@@H](O[C@@H]1C)[C@H]2OC.COC[C@]12CO[C@H]([C@H](C)O1)[C@@]2(C)OC.CO[C@@H](C)[C@]12CO[C@H]([C@H](C)O1)[C@H]2OC.CO[C@@H]1[C@@H]2OC[C@@]1([C@@H](C)OC)O[C@H]2C.[B][C@@H]1O[C@@]2(C(C)OC)CO[C@H]1C2OC.[B][C@@H]1O[C@@]2(COC)C(C)O[C@H]1C2OC.[B][C@@H]1O[C@@]2(COC)C(C)O[C@H]1C2OC. The summed E-state index contributed by atoms with van der Waals surface area (Å²) in [7, 11) is 47.6. The third-order valence-corrected chi connectivity index (χ3v) is 30.5. The molecule has 6 radical (unpaired) electrons. The van der Waals surface area contributed by atoms with E-state index in [4.69, 9.17) is 189 Å². The molecule has 18 aliphatic rings. The molecule has 16 aliphatic heterocycles. The maximum absolute atomic E-state index is 8.00. The first-order chi connectivity index (χ1) is 60.8. The Bertz CT molecular complexity index is 3120. The number of hydrogen-bond acceptors (Lipinski definition) is 35. The van der Waals surface area contributed by atoms with Gasteiger partial charge in [0.25, 0.3) is 0 Å². The lowest BCUT2D eigenvalue weighted by Crippen LogP contribution is -2.54. The third-order valence-electron chi connectivity index (χ3n) is 30.5. The Labute approximate surface area is 765 Å². The molecule has 0 aromatic carbocycles. The molecule has 0 spiro atoms. The summed E-state index contributed by atoms with van der Waals surface area (Å²) in [5.41, 5.74) is -2.85. The molecule has 2 saturated carbocycles. The van der Waals surface area contributed by atoms with Gasteiger partial charge in [-0.1, -0.05) is 19.1 Å². The van der Waals surface area contributed by atoms with Crippen molar-refractivity contribution in [3.8, 4) is 0 Å². The van der Waals surface area contributed by atoms with E-state index >= 15 is 0 Å². The normalized spacial score (nSPS) is 49.1. The van der Waals surface area contributed by atoms with E-state index in [1.165, 1.54) is 5.57 Å². The van der Waals surface area contributed by atoms with Crippen LogP contribution in [0.15, 0.2) is 12.2 Å². The molecule has 35 nitrogen and oxygen atoms in total. The first-order valence-electron chi connectivity index (χ1n) is 44.9. The second-order valence-electron chi connectivity index (χ2n) is 37.2. The van der Waals surface area contributed by atoms with Crippen molar-refractivity contribution in [3.63, 3.8) is 0 Å². The Morgan fingerprint density at radius 3 is 1.09 bits per heavy atom. The van der Waals surface area contributed by atoms with Gasteiger partial charge in [0.05, 0.1) is 152 Å². The van der Waals surface area contributed by atoms with Crippen LogP contribution < -0.4 is 0 Å². The van der Waals surface area contributed by atoms with Gasteiger partial charge in [-0.15, -0.1) is 0 Å². The molecular formula is C90H157B3O35. The van der Waals surface area contributed by atoms with Gasteiger partial charge in [-0.2, -0.15) is 0 Å². The van der Waals surface area contributed by atoms with Crippen LogP contribution in [0.4, 0.5) is 0 Å². The first-order valence-corrected chi connectivity index (χ1v) is 44.9. The van der Waals surface area contributed by atoms with Crippen molar-refractivity contribution in [2.75, 3.05) is 194 Å². The van der Waals surface area contributed by atoms with Gasteiger partial charge in [0.15, 0.2) is 0 Å². The van der Waals surface area contributed by atoms with Gasteiger partial charge in [-0.25, -0.2) is 0 Å². The van der Waals surface area contributed by atoms with Crippen LogP contribution in [0.2, 0.25) is 0 Å². The smallest absolute Gasteiger partial charge is 0.146 e. The minimum absolute atomic E-state index is 0.00699. The highest BCUT2D eigenvalue weighted by Crippen LogP contribution is 2.57. The van der Waals surface area contributed by atoms with E-state index < -0.39 is 57.2 Å². The van der Waals surface area contributed by atoms with E-state index in [9.17, 15) is 0 Å². The average molecular weight is 1830 g/mol. The molecule has 18 rings (SSSR count). The van der Waals surface area contributed by atoms with Gasteiger partial charge in [-0.05, 0) is 102 Å². The van der Waals surface area contributed by atoms with Crippen LogP contribution in [0.3, 0.4) is 0 Å². The van der Waals surface area contributed by atoms with Crippen LogP contribution in [0.25, 0.3) is 0 Å². The van der Waals surface area contributed by atoms with Crippen molar-refractivity contribution in [1.82, 2.24) is 0 Å². The Morgan fingerprint density at radius 1 is 0.359 bits per heavy atom. The fourth-order valence-electron chi connectivity index (χ4n) is 24.3. The molecule has 2 aliphatic carbocycles. The number of methoxy groups -OCH3 is 18. The lowest BCUT2D eigenvalue weighted by molar-refractivity contribution is -0.194. The van der Waals surface area contributed by atoms with E-state index in [1.807, 2.05) is 83.0 Å². The topological polar surface area (TPSA) is 331 Å². The molecule has 18 fully saturated rings. The van der Waals surface area contributed by atoms with Crippen molar-refractivity contribution in [1.29, 1.82) is 0 Å². The predicted octanol–water partition coefficient (Wildman–Crippen LogP) is 4.13. The number of carbonyl (C=O) groups excluding carboxylic acids is 1. The fourth-order valence-corrected chi connectivity index (χ4v) is 24.3. The van der Waals surface area contributed by atoms with E-state index in [-0.39, 0.29) is 176 Å². The second kappa shape index (κ2) is 45.5. The van der Waals surface area contributed by atoms with Crippen LogP contribution in [0.1, 0.15) is 110 Å².